The van der Waals surface area contributed by atoms with Crippen LogP contribution in [0.2, 0.25) is 0 Å². The molecular weight excluding hydrogens is 161 g/mol. The van der Waals surface area contributed by atoms with Crippen molar-refractivity contribution in [3.05, 3.63) is 0 Å². The van der Waals surface area contributed by atoms with Crippen molar-refractivity contribution < 1.29 is 19.8 Å². The number of carboxylic acid groups (broad SMARTS) is 2. The molecule has 7 heavy (non-hydrogen) atoms. The SMILES string of the molecule is O=C[O-].O=C[O-].[Ge]. The summed E-state index contributed by atoms with van der Waals surface area (Å²) in [4.78, 5) is 16.5. The Morgan fingerprint density at radius 1 is 1.00 bits per heavy atom. The molecule has 0 spiro atoms. The predicted molar refractivity (Wildman–Crippen MR) is 17.9 cm³/mol. The monoisotopic (exact) mass is 164 g/mol. The Balaban J connectivity index is -0.0000000400. The Labute approximate surface area is 51.1 Å². The molecule has 0 aromatic heterocycles. The van der Waals surface area contributed by atoms with Gasteiger partial charge in [0.15, 0.2) is 0 Å². The van der Waals surface area contributed by atoms with Crippen molar-refractivity contribution >= 4 is 30.5 Å². The quantitative estimate of drug-likeness (QED) is 0.272. The third kappa shape index (κ3) is 249. The van der Waals surface area contributed by atoms with Crippen LogP contribution < -0.4 is 10.2 Å². The summed E-state index contributed by atoms with van der Waals surface area (Å²) < 4.78 is 0. The van der Waals surface area contributed by atoms with Crippen molar-refractivity contribution in [3.63, 3.8) is 0 Å². The molecule has 0 aromatic carbocycles. The molecule has 5 heteroatoms. The smallest absolute Gasteiger partial charge is 0.0275 e. The average molecular weight is 163 g/mol. The van der Waals surface area contributed by atoms with Crippen molar-refractivity contribution in [1.29, 1.82) is 0 Å². The molecule has 0 rings (SSSR count). The first-order valence-electron chi connectivity index (χ1n) is 0.943. The normalized spacial score (nSPS) is 3.43. The van der Waals surface area contributed by atoms with Gasteiger partial charge in [0.1, 0.15) is 0 Å². The first-order chi connectivity index (χ1) is 2.83. The number of hydrogen-bond donors (Lipinski definition) is 0. The number of hydrogen-bond acceptors (Lipinski definition) is 4. The van der Waals surface area contributed by atoms with Gasteiger partial charge in [-0.1, -0.05) is 0 Å². The van der Waals surface area contributed by atoms with Gasteiger partial charge in [0.25, 0.3) is 0 Å². The molecule has 0 amide bonds. The number of rotatable bonds is 0. The van der Waals surface area contributed by atoms with Crippen molar-refractivity contribution in [2.45, 2.75) is 0 Å². The van der Waals surface area contributed by atoms with Gasteiger partial charge in [-0.15, -0.1) is 0 Å². The van der Waals surface area contributed by atoms with Gasteiger partial charge in [-0.25, -0.2) is 0 Å². The zero-order chi connectivity index (χ0) is 5.41. The van der Waals surface area contributed by atoms with E-state index in [1.54, 1.807) is 0 Å². The Morgan fingerprint density at radius 3 is 1.00 bits per heavy atom. The molecule has 0 aliphatic heterocycles. The van der Waals surface area contributed by atoms with E-state index in [1.165, 1.54) is 0 Å². The molecule has 0 saturated carbocycles. The summed E-state index contributed by atoms with van der Waals surface area (Å²) >= 11 is 0. The van der Waals surface area contributed by atoms with Crippen LogP contribution in [0.25, 0.3) is 0 Å². The second-order valence-corrected chi connectivity index (χ2v) is 0.192. The standard InChI is InChI=1S/2CH2O2.Ge/c2*2-1-3;/h2*1H,(H,2,3);/p-2. The van der Waals surface area contributed by atoms with E-state index in [0.717, 1.165) is 0 Å². The third-order valence-electron chi connectivity index (χ3n) is 0. The van der Waals surface area contributed by atoms with E-state index in [4.69, 9.17) is 19.8 Å². The number of carbonyl (C=O) groups is 2. The fourth-order valence-corrected chi connectivity index (χ4v) is 0. The zero-order valence-corrected chi connectivity index (χ0v) is 5.39. The minimum Gasteiger partial charge on any atom is -0.554 e. The van der Waals surface area contributed by atoms with Gasteiger partial charge in [0.05, 0.1) is 0 Å². The summed E-state index contributed by atoms with van der Waals surface area (Å²) in [6.45, 7) is -1.00. The van der Waals surface area contributed by atoms with Crippen LogP contribution in [-0.4, -0.2) is 30.5 Å². The summed E-state index contributed by atoms with van der Waals surface area (Å²) in [5.41, 5.74) is 0. The van der Waals surface area contributed by atoms with Crippen molar-refractivity contribution in [3.8, 4) is 0 Å². The van der Waals surface area contributed by atoms with E-state index in [0.29, 0.717) is 0 Å². The van der Waals surface area contributed by atoms with Gasteiger partial charge in [-0.05, 0) is 0 Å². The average Bonchev–Trinajstić information content (AvgIpc) is 1.39. The Morgan fingerprint density at radius 2 is 1.00 bits per heavy atom. The van der Waals surface area contributed by atoms with Crippen LogP contribution in [0.4, 0.5) is 0 Å². The predicted octanol–water partition coefficient (Wildman–Crippen LogP) is -3.65. The van der Waals surface area contributed by atoms with Crippen LogP contribution in [0.5, 0.6) is 0 Å². The molecule has 0 N–H and O–H groups in total. The van der Waals surface area contributed by atoms with E-state index in [2.05, 4.69) is 0 Å². The van der Waals surface area contributed by atoms with E-state index >= 15 is 0 Å². The fraction of sp³-hybridized carbons (Fsp3) is 0. The minimum atomic E-state index is -0.500. The second-order valence-electron chi connectivity index (χ2n) is 0.192. The van der Waals surface area contributed by atoms with E-state index in [1.807, 2.05) is 0 Å². The van der Waals surface area contributed by atoms with E-state index in [-0.39, 0.29) is 17.6 Å². The van der Waals surface area contributed by atoms with Crippen molar-refractivity contribution in [2.24, 2.45) is 0 Å². The maximum Gasteiger partial charge on any atom is 0.0275 e. The molecule has 0 aromatic rings. The molecule has 0 atom stereocenters. The zero-order valence-electron chi connectivity index (χ0n) is 3.29. The molecule has 0 bridgehead atoms. The Bertz CT molecular complexity index is 30.7. The molecule has 0 fully saturated rings. The van der Waals surface area contributed by atoms with Crippen molar-refractivity contribution in [1.82, 2.24) is 0 Å². The van der Waals surface area contributed by atoms with Crippen LogP contribution in [-0.2, 0) is 9.59 Å². The van der Waals surface area contributed by atoms with E-state index < -0.39 is 12.9 Å². The van der Waals surface area contributed by atoms with Crippen molar-refractivity contribution in [2.75, 3.05) is 0 Å². The molecule has 0 aliphatic rings. The number of carbonyl (C=O) groups excluding carboxylic acids is 2. The van der Waals surface area contributed by atoms with Crippen LogP contribution in [0.15, 0.2) is 0 Å². The fourth-order valence-electron chi connectivity index (χ4n) is 0. The van der Waals surface area contributed by atoms with Gasteiger partial charge in [-0.3, -0.25) is 0 Å². The van der Waals surface area contributed by atoms with Crippen LogP contribution in [0, 0.1) is 0 Å². The van der Waals surface area contributed by atoms with E-state index in [9.17, 15) is 0 Å². The molecule has 0 heterocycles. The maximum atomic E-state index is 8.25. The molecule has 4 radical (unpaired) electrons. The molecule has 0 saturated heterocycles. The van der Waals surface area contributed by atoms with Crippen LogP contribution in [0.1, 0.15) is 0 Å². The summed E-state index contributed by atoms with van der Waals surface area (Å²) in [5.74, 6) is 0. The third-order valence-corrected chi connectivity index (χ3v) is 0. The Kier molecular flexibility index (Phi) is 115. The molecule has 40 valence electrons. The molecular formula is C2H2GeO4-2. The first kappa shape index (κ1) is 16.1. The van der Waals surface area contributed by atoms with Crippen LogP contribution in [0.3, 0.4) is 0 Å². The largest absolute Gasteiger partial charge is 0.554 e. The van der Waals surface area contributed by atoms with Gasteiger partial charge >= 0.3 is 0 Å². The summed E-state index contributed by atoms with van der Waals surface area (Å²) in [6, 6.07) is 0. The summed E-state index contributed by atoms with van der Waals surface area (Å²) in [6.07, 6.45) is 0. The molecule has 4 nitrogen and oxygen atoms in total. The maximum absolute atomic E-state index is 8.25. The topological polar surface area (TPSA) is 80.3 Å². The minimum absolute atomic E-state index is 0. The molecule has 0 aliphatic carbocycles. The Hall–Kier alpha value is -0.517. The van der Waals surface area contributed by atoms with Gasteiger partial charge in [-0.2, -0.15) is 0 Å². The molecule has 0 unspecified atom stereocenters. The second kappa shape index (κ2) is 50.1. The summed E-state index contributed by atoms with van der Waals surface area (Å²) in [7, 11) is 0. The first-order valence-corrected chi connectivity index (χ1v) is 0.943. The van der Waals surface area contributed by atoms with Crippen LogP contribution >= 0.6 is 0 Å². The summed E-state index contributed by atoms with van der Waals surface area (Å²) in [5, 5.41) is 16.5. The van der Waals surface area contributed by atoms with Gasteiger partial charge in [0.2, 0.25) is 0 Å². The van der Waals surface area contributed by atoms with Gasteiger partial charge < -0.3 is 19.8 Å². The van der Waals surface area contributed by atoms with Gasteiger partial charge in [0, 0.05) is 30.5 Å².